The fourth-order valence-electron chi connectivity index (χ4n) is 2.69. The Hall–Kier alpha value is -2.08. The summed E-state index contributed by atoms with van der Waals surface area (Å²) in [4.78, 5) is 25.9. The maximum Gasteiger partial charge on any atom is 0.315 e. The molecule has 2 atom stereocenters. The quantitative estimate of drug-likeness (QED) is 0.868. The summed E-state index contributed by atoms with van der Waals surface area (Å²) in [5.74, 6) is 0.0310. The number of anilines is 1. The van der Waals surface area contributed by atoms with Crippen LogP contribution < -0.4 is 15.5 Å². The van der Waals surface area contributed by atoms with Crippen molar-refractivity contribution >= 4 is 17.6 Å². The van der Waals surface area contributed by atoms with E-state index in [1.165, 1.54) is 5.56 Å². The Labute approximate surface area is 137 Å². The van der Waals surface area contributed by atoms with Crippen LogP contribution in [0.2, 0.25) is 0 Å². The molecule has 126 valence electrons. The molecule has 6 nitrogen and oxygen atoms in total. The first kappa shape index (κ1) is 17.3. The van der Waals surface area contributed by atoms with Crippen LogP contribution in [-0.2, 0) is 9.53 Å². The van der Waals surface area contributed by atoms with Crippen molar-refractivity contribution < 1.29 is 14.3 Å². The number of benzene rings is 1. The van der Waals surface area contributed by atoms with E-state index in [0.717, 1.165) is 11.3 Å². The van der Waals surface area contributed by atoms with Gasteiger partial charge in [-0.25, -0.2) is 4.79 Å². The summed E-state index contributed by atoms with van der Waals surface area (Å²) in [6.07, 6.45) is 0.318. The van der Waals surface area contributed by atoms with Gasteiger partial charge in [0, 0.05) is 25.8 Å². The third-order valence-corrected chi connectivity index (χ3v) is 4.06. The van der Waals surface area contributed by atoms with Crippen molar-refractivity contribution in [1.29, 1.82) is 0 Å². The SMILES string of the molecule is COC[C@H](C)NC(=O)N[C@@H]1CC(=O)N(c2ccc(C)c(C)c2)C1. The minimum atomic E-state index is -0.269. The molecule has 6 heteroatoms. The number of nitrogens with one attached hydrogen (secondary N) is 2. The summed E-state index contributed by atoms with van der Waals surface area (Å²) < 4.78 is 4.98. The molecule has 3 amide bonds. The second-order valence-corrected chi connectivity index (χ2v) is 6.15. The molecule has 0 saturated carbocycles. The summed E-state index contributed by atoms with van der Waals surface area (Å²) >= 11 is 0. The monoisotopic (exact) mass is 319 g/mol. The average molecular weight is 319 g/mol. The first-order valence-corrected chi connectivity index (χ1v) is 7.84. The van der Waals surface area contributed by atoms with Crippen LogP contribution >= 0.6 is 0 Å². The molecule has 1 aromatic rings. The summed E-state index contributed by atoms with van der Waals surface area (Å²) in [6, 6.07) is 5.44. The van der Waals surface area contributed by atoms with Crippen molar-refractivity contribution in [3.8, 4) is 0 Å². The van der Waals surface area contributed by atoms with Gasteiger partial charge >= 0.3 is 6.03 Å². The van der Waals surface area contributed by atoms with Gasteiger partial charge in [-0.05, 0) is 44.0 Å². The highest BCUT2D eigenvalue weighted by atomic mass is 16.5. The second kappa shape index (κ2) is 7.46. The lowest BCUT2D eigenvalue weighted by molar-refractivity contribution is -0.117. The van der Waals surface area contributed by atoms with Crippen LogP contribution in [0.1, 0.15) is 24.5 Å². The molecule has 0 radical (unpaired) electrons. The molecule has 1 fully saturated rings. The molecule has 2 N–H and O–H groups in total. The highest BCUT2D eigenvalue weighted by molar-refractivity contribution is 5.96. The van der Waals surface area contributed by atoms with E-state index in [1.54, 1.807) is 12.0 Å². The molecule has 23 heavy (non-hydrogen) atoms. The smallest absolute Gasteiger partial charge is 0.315 e. The topological polar surface area (TPSA) is 70.7 Å². The van der Waals surface area contributed by atoms with Gasteiger partial charge in [0.2, 0.25) is 5.91 Å². The maximum atomic E-state index is 12.2. The van der Waals surface area contributed by atoms with Crippen LogP contribution in [-0.4, -0.2) is 44.3 Å². The largest absolute Gasteiger partial charge is 0.383 e. The zero-order valence-corrected chi connectivity index (χ0v) is 14.2. The Morgan fingerprint density at radius 3 is 2.78 bits per heavy atom. The third-order valence-electron chi connectivity index (χ3n) is 4.06. The fraction of sp³-hybridized carbons (Fsp3) is 0.529. The van der Waals surface area contributed by atoms with Crippen molar-refractivity contribution in [2.24, 2.45) is 0 Å². The second-order valence-electron chi connectivity index (χ2n) is 6.15. The number of carbonyl (C=O) groups is 2. The lowest BCUT2D eigenvalue weighted by Gasteiger charge is -2.19. The highest BCUT2D eigenvalue weighted by Gasteiger charge is 2.31. The summed E-state index contributed by atoms with van der Waals surface area (Å²) in [5, 5.41) is 5.65. The van der Waals surface area contributed by atoms with E-state index >= 15 is 0 Å². The number of hydrogen-bond acceptors (Lipinski definition) is 3. The number of amides is 3. The van der Waals surface area contributed by atoms with Gasteiger partial charge in [0.1, 0.15) is 0 Å². The van der Waals surface area contributed by atoms with Gasteiger partial charge in [0.25, 0.3) is 0 Å². The van der Waals surface area contributed by atoms with Crippen molar-refractivity contribution in [1.82, 2.24) is 10.6 Å². The Morgan fingerprint density at radius 2 is 2.13 bits per heavy atom. The molecule has 1 aliphatic rings. The van der Waals surface area contributed by atoms with E-state index in [9.17, 15) is 9.59 Å². The minimum Gasteiger partial charge on any atom is -0.383 e. The van der Waals surface area contributed by atoms with E-state index in [1.807, 2.05) is 39.0 Å². The molecular weight excluding hydrogens is 294 g/mol. The number of urea groups is 1. The van der Waals surface area contributed by atoms with Crippen LogP contribution in [0, 0.1) is 13.8 Å². The van der Waals surface area contributed by atoms with E-state index in [2.05, 4.69) is 10.6 Å². The normalized spacial score (nSPS) is 18.9. The van der Waals surface area contributed by atoms with Crippen LogP contribution in [0.25, 0.3) is 0 Å². The van der Waals surface area contributed by atoms with Crippen LogP contribution in [0.5, 0.6) is 0 Å². The molecular formula is C17H25N3O3. The molecule has 1 aromatic carbocycles. The number of ether oxygens (including phenoxy) is 1. The van der Waals surface area contributed by atoms with Crippen LogP contribution in [0.15, 0.2) is 18.2 Å². The lowest BCUT2D eigenvalue weighted by atomic mass is 10.1. The molecule has 0 aliphatic carbocycles. The van der Waals surface area contributed by atoms with Crippen molar-refractivity contribution in [3.05, 3.63) is 29.3 Å². The minimum absolute atomic E-state index is 0.0310. The standard InChI is InChI=1S/C17H25N3O3/c1-11-5-6-15(7-12(11)2)20-9-14(8-16(20)21)19-17(22)18-13(3)10-23-4/h5-7,13-14H,8-10H2,1-4H3,(H2,18,19,22)/t13-,14+/m0/s1. The number of rotatable bonds is 5. The Morgan fingerprint density at radius 1 is 1.39 bits per heavy atom. The Balaban J connectivity index is 1.94. The third kappa shape index (κ3) is 4.45. The molecule has 2 rings (SSSR count). The number of nitrogens with zero attached hydrogens (tertiary/aromatic N) is 1. The number of carbonyl (C=O) groups excluding carboxylic acids is 2. The molecule has 0 aromatic heterocycles. The number of methoxy groups -OCH3 is 1. The van der Waals surface area contributed by atoms with Gasteiger partial charge in [-0.15, -0.1) is 0 Å². The Kier molecular flexibility index (Phi) is 5.60. The van der Waals surface area contributed by atoms with Crippen molar-refractivity contribution in [2.45, 2.75) is 39.3 Å². The Bertz CT molecular complexity index is 588. The van der Waals surface area contributed by atoms with Crippen LogP contribution in [0.3, 0.4) is 0 Å². The van der Waals surface area contributed by atoms with Gasteiger partial charge in [-0.2, -0.15) is 0 Å². The van der Waals surface area contributed by atoms with E-state index in [-0.39, 0.29) is 24.0 Å². The van der Waals surface area contributed by atoms with Gasteiger partial charge in [-0.1, -0.05) is 6.07 Å². The molecule has 0 bridgehead atoms. The first-order chi connectivity index (χ1) is 10.9. The zero-order valence-electron chi connectivity index (χ0n) is 14.2. The van der Waals surface area contributed by atoms with Gasteiger partial charge in [-0.3, -0.25) is 4.79 Å². The van der Waals surface area contributed by atoms with Gasteiger partial charge in [0.05, 0.1) is 18.7 Å². The first-order valence-electron chi connectivity index (χ1n) is 7.84. The highest BCUT2D eigenvalue weighted by Crippen LogP contribution is 2.24. The average Bonchev–Trinajstić information content (AvgIpc) is 2.82. The predicted molar refractivity (Wildman–Crippen MR) is 89.7 cm³/mol. The summed E-state index contributed by atoms with van der Waals surface area (Å²) in [5.41, 5.74) is 3.23. The maximum absolute atomic E-state index is 12.2. The molecule has 1 aliphatic heterocycles. The summed E-state index contributed by atoms with van der Waals surface area (Å²) in [7, 11) is 1.59. The van der Waals surface area contributed by atoms with E-state index in [4.69, 9.17) is 4.74 Å². The van der Waals surface area contributed by atoms with Crippen LogP contribution in [0.4, 0.5) is 10.5 Å². The van der Waals surface area contributed by atoms with E-state index < -0.39 is 0 Å². The van der Waals surface area contributed by atoms with Crippen molar-refractivity contribution in [3.63, 3.8) is 0 Å². The number of hydrogen-bond donors (Lipinski definition) is 2. The summed E-state index contributed by atoms with van der Waals surface area (Å²) in [6.45, 7) is 6.88. The molecule has 0 spiro atoms. The molecule has 0 unspecified atom stereocenters. The molecule has 1 saturated heterocycles. The van der Waals surface area contributed by atoms with Gasteiger partial charge in [0.15, 0.2) is 0 Å². The fourth-order valence-corrected chi connectivity index (χ4v) is 2.69. The van der Waals surface area contributed by atoms with Gasteiger partial charge < -0.3 is 20.3 Å². The van der Waals surface area contributed by atoms with E-state index in [0.29, 0.717) is 19.6 Å². The molecule has 1 heterocycles. The zero-order chi connectivity index (χ0) is 17.0. The van der Waals surface area contributed by atoms with Crippen molar-refractivity contribution in [2.75, 3.05) is 25.2 Å². The predicted octanol–water partition coefficient (Wildman–Crippen LogP) is 1.74. The number of aryl methyl sites for hydroxylation is 2. The lowest BCUT2D eigenvalue weighted by Crippen LogP contribution is -2.47.